The Hall–Kier alpha value is -4.13. The molecule has 3 aromatic carbocycles. The highest BCUT2D eigenvalue weighted by Crippen LogP contribution is 2.36. The average Bonchev–Trinajstić information content (AvgIpc) is 3.05. The Labute approximate surface area is 184 Å². The third-order valence-electron chi connectivity index (χ3n) is 5.14. The van der Waals surface area contributed by atoms with Gasteiger partial charge in [-0.05, 0) is 47.5 Å². The number of hydrogen-bond donors (Lipinski definition) is 1. The Morgan fingerprint density at radius 3 is 2.19 bits per heavy atom. The SMILES string of the molecule is COc1ccc(C2=C(Nc3ccc(F)cc3)C(=O)N(Cc3ccccc3)C2=O)cc1OC. The maximum absolute atomic E-state index is 13.4. The number of imide groups is 1. The van der Waals surface area contributed by atoms with Gasteiger partial charge < -0.3 is 14.8 Å². The molecule has 0 bridgehead atoms. The molecule has 1 heterocycles. The Morgan fingerprint density at radius 2 is 1.53 bits per heavy atom. The van der Waals surface area contributed by atoms with Crippen molar-refractivity contribution in [2.75, 3.05) is 19.5 Å². The predicted molar refractivity (Wildman–Crippen MR) is 118 cm³/mol. The van der Waals surface area contributed by atoms with E-state index in [2.05, 4.69) is 5.32 Å². The summed E-state index contributed by atoms with van der Waals surface area (Å²) in [6.07, 6.45) is 0. The van der Waals surface area contributed by atoms with Crippen molar-refractivity contribution in [1.29, 1.82) is 0 Å². The fraction of sp³-hybridized carbons (Fsp3) is 0.120. The molecule has 0 atom stereocenters. The predicted octanol–water partition coefficient (Wildman–Crippen LogP) is 4.24. The summed E-state index contributed by atoms with van der Waals surface area (Å²) in [6.45, 7) is 0.129. The lowest BCUT2D eigenvalue weighted by molar-refractivity contribution is -0.137. The Balaban J connectivity index is 1.78. The summed E-state index contributed by atoms with van der Waals surface area (Å²) in [6, 6.07) is 19.9. The first-order valence-corrected chi connectivity index (χ1v) is 9.91. The Morgan fingerprint density at radius 1 is 0.844 bits per heavy atom. The minimum Gasteiger partial charge on any atom is -0.493 e. The molecule has 4 rings (SSSR count). The van der Waals surface area contributed by atoms with Gasteiger partial charge in [-0.2, -0.15) is 0 Å². The van der Waals surface area contributed by atoms with E-state index in [9.17, 15) is 14.0 Å². The fourth-order valence-corrected chi connectivity index (χ4v) is 3.54. The fourth-order valence-electron chi connectivity index (χ4n) is 3.54. The molecule has 1 aliphatic rings. The van der Waals surface area contributed by atoms with Crippen LogP contribution >= 0.6 is 0 Å². The molecular formula is C25H21FN2O4. The molecule has 0 fully saturated rings. The lowest BCUT2D eigenvalue weighted by Gasteiger charge is -2.15. The highest BCUT2D eigenvalue weighted by Gasteiger charge is 2.39. The van der Waals surface area contributed by atoms with E-state index in [1.807, 2.05) is 30.3 Å². The number of nitrogens with zero attached hydrogens (tertiary/aromatic N) is 1. The summed E-state index contributed by atoms with van der Waals surface area (Å²) in [4.78, 5) is 27.9. The molecule has 0 saturated heterocycles. The second kappa shape index (κ2) is 8.93. The molecule has 0 spiro atoms. The third-order valence-corrected chi connectivity index (χ3v) is 5.14. The Kier molecular flexibility index (Phi) is 5.89. The van der Waals surface area contributed by atoms with Crippen LogP contribution in [0.25, 0.3) is 5.57 Å². The van der Waals surface area contributed by atoms with Gasteiger partial charge in [-0.15, -0.1) is 0 Å². The summed E-state index contributed by atoms with van der Waals surface area (Å²) in [5.74, 6) is -0.365. The molecule has 0 saturated carbocycles. The molecule has 6 nitrogen and oxygen atoms in total. The number of rotatable bonds is 7. The van der Waals surface area contributed by atoms with Gasteiger partial charge in [-0.3, -0.25) is 14.5 Å². The van der Waals surface area contributed by atoms with Crippen molar-refractivity contribution in [1.82, 2.24) is 4.90 Å². The standard InChI is InChI=1S/C25H21FN2O4/c1-31-20-13-8-17(14-21(20)32-2)22-23(27-19-11-9-18(26)10-12-19)25(30)28(24(22)29)15-16-6-4-3-5-7-16/h3-14,27H,15H2,1-2H3. The minimum absolute atomic E-state index is 0.116. The molecule has 0 aliphatic carbocycles. The van der Waals surface area contributed by atoms with Crippen LogP contribution in [0.4, 0.5) is 10.1 Å². The van der Waals surface area contributed by atoms with Crippen LogP contribution in [0.1, 0.15) is 11.1 Å². The van der Waals surface area contributed by atoms with Gasteiger partial charge in [0, 0.05) is 5.69 Å². The summed E-state index contributed by atoms with van der Waals surface area (Å²) in [7, 11) is 3.02. The molecule has 0 aromatic heterocycles. The van der Waals surface area contributed by atoms with E-state index in [0.717, 1.165) is 5.56 Å². The molecule has 2 amide bonds. The van der Waals surface area contributed by atoms with Crippen LogP contribution in [-0.2, 0) is 16.1 Å². The largest absolute Gasteiger partial charge is 0.493 e. The number of benzene rings is 3. The number of anilines is 1. The van der Waals surface area contributed by atoms with Crippen molar-refractivity contribution < 1.29 is 23.5 Å². The van der Waals surface area contributed by atoms with Crippen molar-refractivity contribution in [2.24, 2.45) is 0 Å². The summed E-state index contributed by atoms with van der Waals surface area (Å²) >= 11 is 0. The van der Waals surface area contributed by atoms with E-state index in [4.69, 9.17) is 9.47 Å². The molecule has 162 valence electrons. The van der Waals surface area contributed by atoms with E-state index < -0.39 is 17.6 Å². The second-order valence-electron chi connectivity index (χ2n) is 7.13. The van der Waals surface area contributed by atoms with Crippen LogP contribution in [-0.4, -0.2) is 30.9 Å². The van der Waals surface area contributed by atoms with Crippen molar-refractivity contribution >= 4 is 23.1 Å². The maximum Gasteiger partial charge on any atom is 0.278 e. The normalized spacial score (nSPS) is 13.5. The highest BCUT2D eigenvalue weighted by atomic mass is 19.1. The van der Waals surface area contributed by atoms with Gasteiger partial charge in [0.1, 0.15) is 11.5 Å². The molecular weight excluding hydrogens is 411 g/mol. The van der Waals surface area contributed by atoms with E-state index >= 15 is 0 Å². The first-order chi connectivity index (χ1) is 15.5. The zero-order valence-electron chi connectivity index (χ0n) is 17.6. The van der Waals surface area contributed by atoms with Gasteiger partial charge in [-0.1, -0.05) is 36.4 Å². The summed E-state index contributed by atoms with van der Waals surface area (Å²) in [5, 5.41) is 3.01. The molecule has 3 aromatic rings. The van der Waals surface area contributed by atoms with Crippen LogP contribution < -0.4 is 14.8 Å². The van der Waals surface area contributed by atoms with Crippen LogP contribution in [0.3, 0.4) is 0 Å². The quantitative estimate of drug-likeness (QED) is 0.566. The molecule has 0 unspecified atom stereocenters. The van der Waals surface area contributed by atoms with Crippen LogP contribution in [0.5, 0.6) is 11.5 Å². The lowest BCUT2D eigenvalue weighted by atomic mass is 10.0. The molecule has 7 heteroatoms. The first-order valence-electron chi connectivity index (χ1n) is 9.91. The number of amides is 2. The smallest absolute Gasteiger partial charge is 0.278 e. The van der Waals surface area contributed by atoms with E-state index in [-0.39, 0.29) is 17.8 Å². The molecule has 0 radical (unpaired) electrons. The second-order valence-corrected chi connectivity index (χ2v) is 7.13. The van der Waals surface area contributed by atoms with E-state index in [0.29, 0.717) is 22.7 Å². The third kappa shape index (κ3) is 4.05. The summed E-state index contributed by atoms with van der Waals surface area (Å²) in [5.41, 5.74) is 2.13. The lowest BCUT2D eigenvalue weighted by Crippen LogP contribution is -2.31. The van der Waals surface area contributed by atoms with Crippen LogP contribution in [0.2, 0.25) is 0 Å². The number of carbonyl (C=O) groups excluding carboxylic acids is 2. The number of hydrogen-bond acceptors (Lipinski definition) is 5. The van der Waals surface area contributed by atoms with E-state index in [1.165, 1.54) is 43.4 Å². The zero-order valence-corrected chi connectivity index (χ0v) is 17.6. The number of halogens is 1. The van der Waals surface area contributed by atoms with Gasteiger partial charge in [-0.25, -0.2) is 4.39 Å². The van der Waals surface area contributed by atoms with Crippen LogP contribution in [0.15, 0.2) is 78.5 Å². The number of carbonyl (C=O) groups is 2. The number of methoxy groups -OCH3 is 2. The zero-order chi connectivity index (χ0) is 22.7. The molecule has 32 heavy (non-hydrogen) atoms. The van der Waals surface area contributed by atoms with Gasteiger partial charge in [0.05, 0.1) is 26.3 Å². The maximum atomic E-state index is 13.4. The van der Waals surface area contributed by atoms with Crippen LogP contribution in [0, 0.1) is 5.82 Å². The molecule has 1 N–H and O–H groups in total. The number of nitrogens with one attached hydrogen (secondary N) is 1. The summed E-state index contributed by atoms with van der Waals surface area (Å²) < 4.78 is 24.0. The molecule has 1 aliphatic heterocycles. The van der Waals surface area contributed by atoms with Gasteiger partial charge in [0.15, 0.2) is 11.5 Å². The topological polar surface area (TPSA) is 67.9 Å². The van der Waals surface area contributed by atoms with Gasteiger partial charge >= 0.3 is 0 Å². The Bertz CT molecular complexity index is 1190. The van der Waals surface area contributed by atoms with Crippen molar-refractivity contribution in [3.05, 3.63) is 95.4 Å². The van der Waals surface area contributed by atoms with Crippen molar-refractivity contribution in [3.63, 3.8) is 0 Å². The minimum atomic E-state index is -0.465. The average molecular weight is 432 g/mol. The van der Waals surface area contributed by atoms with Gasteiger partial charge in [0.2, 0.25) is 0 Å². The van der Waals surface area contributed by atoms with Gasteiger partial charge in [0.25, 0.3) is 11.8 Å². The van der Waals surface area contributed by atoms with Crippen molar-refractivity contribution in [3.8, 4) is 11.5 Å². The van der Waals surface area contributed by atoms with Crippen molar-refractivity contribution in [2.45, 2.75) is 6.54 Å². The number of ether oxygens (including phenoxy) is 2. The monoisotopic (exact) mass is 432 g/mol. The first kappa shape index (κ1) is 21.1. The highest BCUT2D eigenvalue weighted by molar-refractivity contribution is 6.36. The van der Waals surface area contributed by atoms with E-state index in [1.54, 1.807) is 18.2 Å².